The van der Waals surface area contributed by atoms with E-state index in [4.69, 9.17) is 5.73 Å². The van der Waals surface area contributed by atoms with Gasteiger partial charge in [-0.1, -0.05) is 0 Å². The minimum absolute atomic E-state index is 0.147. The third-order valence-electron chi connectivity index (χ3n) is 1.31. The lowest BCUT2D eigenvalue weighted by Crippen LogP contribution is -2.04. The quantitative estimate of drug-likeness (QED) is 0.694. The molecule has 0 saturated carbocycles. The molecule has 2 heterocycles. The van der Waals surface area contributed by atoms with E-state index in [1.807, 2.05) is 22.9 Å². The lowest BCUT2D eigenvalue weighted by Gasteiger charge is -1.90. The van der Waals surface area contributed by atoms with E-state index in [0.29, 0.717) is 5.65 Å². The van der Waals surface area contributed by atoms with Gasteiger partial charge in [-0.3, -0.25) is 2.78 Å². The summed E-state index contributed by atoms with van der Waals surface area (Å²) < 4.78 is 6.11. The normalized spacial score (nSPS) is 10.8. The Hall–Kier alpha value is -1.12. The molecule has 0 aromatic carbocycles. The lowest BCUT2D eigenvalue weighted by atomic mass is 10.6. The van der Waals surface area contributed by atoms with Crippen molar-refractivity contribution < 1.29 is 4.42 Å². The van der Waals surface area contributed by atoms with Crippen LogP contribution in [0.1, 0.15) is 0 Å². The number of anilines is 1. The molecule has 0 aliphatic carbocycles. The van der Waals surface area contributed by atoms with Crippen LogP contribution in [0.5, 0.6) is 0 Å². The maximum Gasteiger partial charge on any atom is 0.368 e. The van der Waals surface area contributed by atoms with E-state index in [1.54, 1.807) is 2.78 Å². The third kappa shape index (κ3) is 0.967. The highest BCUT2D eigenvalue weighted by atomic mass is 127. The summed E-state index contributed by atoms with van der Waals surface area (Å²) in [7, 11) is 0. The first-order valence-electron chi connectivity index (χ1n) is 2.98. The standard InChI is InChI=1S/C5H3IN4O2/c6-10-1-8-2-3(10)9-5(7)12-4(2)11/h1H,(H2,7,9). The number of rotatable bonds is 0. The first-order valence-corrected chi connectivity index (χ1v) is 3.95. The molecule has 0 unspecified atom stereocenters. The molecule has 12 heavy (non-hydrogen) atoms. The van der Waals surface area contributed by atoms with Crippen molar-refractivity contribution in [2.45, 2.75) is 0 Å². The molecule has 2 N–H and O–H groups in total. The largest absolute Gasteiger partial charge is 0.388 e. The van der Waals surface area contributed by atoms with Crippen LogP contribution in [0.2, 0.25) is 0 Å². The number of nitrogens with two attached hydrogens (primary N) is 1. The van der Waals surface area contributed by atoms with Gasteiger partial charge in [0.2, 0.25) is 0 Å². The molecule has 0 spiro atoms. The summed E-state index contributed by atoms with van der Waals surface area (Å²) >= 11 is 1.94. The van der Waals surface area contributed by atoms with Gasteiger partial charge in [0.15, 0.2) is 11.2 Å². The van der Waals surface area contributed by atoms with Crippen molar-refractivity contribution in [1.29, 1.82) is 0 Å². The van der Waals surface area contributed by atoms with Crippen molar-refractivity contribution in [3.63, 3.8) is 0 Å². The van der Waals surface area contributed by atoms with E-state index in [-0.39, 0.29) is 11.5 Å². The third-order valence-corrected chi connectivity index (χ3v) is 2.02. The topological polar surface area (TPSA) is 86.9 Å². The molecule has 7 heteroatoms. The first-order chi connectivity index (χ1) is 5.68. The van der Waals surface area contributed by atoms with Crippen LogP contribution in [0.3, 0.4) is 0 Å². The van der Waals surface area contributed by atoms with Crippen molar-refractivity contribution in [1.82, 2.24) is 12.7 Å². The van der Waals surface area contributed by atoms with Gasteiger partial charge < -0.3 is 10.2 Å². The highest BCUT2D eigenvalue weighted by Crippen LogP contribution is 2.09. The lowest BCUT2D eigenvalue weighted by molar-refractivity contribution is 0.523. The van der Waals surface area contributed by atoms with Crippen molar-refractivity contribution >= 4 is 40.0 Å². The van der Waals surface area contributed by atoms with Crippen LogP contribution in [0, 0.1) is 0 Å². The molecule has 2 aromatic heterocycles. The number of imidazole rings is 1. The van der Waals surface area contributed by atoms with Gasteiger partial charge in [-0.15, -0.1) is 0 Å². The zero-order chi connectivity index (χ0) is 8.72. The van der Waals surface area contributed by atoms with E-state index in [1.165, 1.54) is 6.33 Å². The highest BCUT2D eigenvalue weighted by Gasteiger charge is 2.08. The molecular weight excluding hydrogens is 275 g/mol. The molecule has 0 saturated heterocycles. The van der Waals surface area contributed by atoms with E-state index < -0.39 is 5.63 Å². The zero-order valence-electron chi connectivity index (χ0n) is 5.69. The molecule has 2 rings (SSSR count). The van der Waals surface area contributed by atoms with Gasteiger partial charge in [0.1, 0.15) is 6.33 Å². The Morgan fingerprint density at radius 3 is 3.17 bits per heavy atom. The van der Waals surface area contributed by atoms with Gasteiger partial charge in [-0.05, 0) is 0 Å². The molecule has 0 amide bonds. The van der Waals surface area contributed by atoms with E-state index in [2.05, 4.69) is 14.4 Å². The zero-order valence-corrected chi connectivity index (χ0v) is 7.85. The van der Waals surface area contributed by atoms with Gasteiger partial charge in [0.25, 0.3) is 6.01 Å². The fourth-order valence-corrected chi connectivity index (χ4v) is 1.30. The summed E-state index contributed by atoms with van der Waals surface area (Å²) in [5.41, 5.74) is 5.28. The number of hydrogen-bond acceptors (Lipinski definition) is 5. The molecule has 6 nitrogen and oxygen atoms in total. The second kappa shape index (κ2) is 2.44. The summed E-state index contributed by atoms with van der Waals surface area (Å²) in [4.78, 5) is 18.6. The van der Waals surface area contributed by atoms with E-state index in [9.17, 15) is 4.79 Å². The molecule has 0 atom stereocenters. The monoisotopic (exact) mass is 278 g/mol. The summed E-state index contributed by atoms with van der Waals surface area (Å²) in [6, 6.07) is -0.147. The first kappa shape index (κ1) is 7.53. The fraction of sp³-hybridized carbons (Fsp3) is 0. The molecule has 2 aromatic rings. The maximum absolute atomic E-state index is 11.0. The van der Waals surface area contributed by atoms with Gasteiger partial charge >= 0.3 is 5.63 Å². The maximum atomic E-state index is 11.0. The Morgan fingerprint density at radius 2 is 2.42 bits per heavy atom. The summed E-state index contributed by atoms with van der Waals surface area (Å²) in [6.45, 7) is 0. The predicted octanol–water partition coefficient (Wildman–Crippen LogP) is 0.165. The van der Waals surface area contributed by atoms with Crippen LogP contribution in [-0.2, 0) is 0 Å². The van der Waals surface area contributed by atoms with Crippen LogP contribution in [-0.4, -0.2) is 12.7 Å². The van der Waals surface area contributed by atoms with Crippen LogP contribution in [0.25, 0.3) is 11.2 Å². The Kier molecular flexibility index (Phi) is 1.53. The number of nitrogens with zero attached hydrogens (tertiary/aromatic N) is 3. The smallest absolute Gasteiger partial charge is 0.368 e. The van der Waals surface area contributed by atoms with Crippen LogP contribution >= 0.6 is 22.9 Å². The van der Waals surface area contributed by atoms with Gasteiger partial charge in [-0.2, -0.15) is 4.98 Å². The number of nitrogen functional groups attached to an aromatic ring is 1. The fourth-order valence-electron chi connectivity index (χ4n) is 0.837. The number of aromatic nitrogens is 3. The summed E-state index contributed by atoms with van der Waals surface area (Å²) in [6.07, 6.45) is 1.47. The second-order valence-electron chi connectivity index (χ2n) is 2.07. The molecule has 0 fully saturated rings. The van der Waals surface area contributed by atoms with Gasteiger partial charge in [-0.25, -0.2) is 9.78 Å². The van der Waals surface area contributed by atoms with Crippen molar-refractivity contribution in [3.8, 4) is 0 Å². The second-order valence-corrected chi connectivity index (χ2v) is 3.11. The average Bonchev–Trinajstić information content (AvgIpc) is 2.33. The van der Waals surface area contributed by atoms with Crippen molar-refractivity contribution in [2.75, 3.05) is 5.73 Å². The van der Waals surface area contributed by atoms with Gasteiger partial charge in [0, 0.05) is 0 Å². The molecule has 0 radical (unpaired) electrons. The molecule has 62 valence electrons. The number of halogens is 1. The Morgan fingerprint density at radius 1 is 1.67 bits per heavy atom. The minimum Gasteiger partial charge on any atom is -0.388 e. The van der Waals surface area contributed by atoms with Crippen molar-refractivity contribution in [2.24, 2.45) is 0 Å². The Labute approximate surface area is 79.9 Å². The molecule has 0 aliphatic heterocycles. The van der Waals surface area contributed by atoms with Crippen molar-refractivity contribution in [3.05, 3.63) is 16.7 Å². The Balaban J connectivity index is 3.03. The van der Waals surface area contributed by atoms with Gasteiger partial charge in [0.05, 0.1) is 22.9 Å². The van der Waals surface area contributed by atoms with Crippen LogP contribution in [0.4, 0.5) is 6.01 Å². The molecule has 0 bridgehead atoms. The van der Waals surface area contributed by atoms with Crippen LogP contribution < -0.4 is 11.4 Å². The van der Waals surface area contributed by atoms with Crippen LogP contribution in [0.15, 0.2) is 15.5 Å². The number of fused-ring (bicyclic) bond motifs is 1. The Bertz CT molecular complexity index is 488. The minimum atomic E-state index is -0.562. The number of hydrogen-bond donors (Lipinski definition) is 1. The van der Waals surface area contributed by atoms with E-state index in [0.717, 1.165) is 0 Å². The predicted molar refractivity (Wildman–Crippen MR) is 49.9 cm³/mol. The van der Waals surface area contributed by atoms with E-state index >= 15 is 0 Å². The SMILES string of the molecule is Nc1nc2c(ncn2I)c(=O)o1. The molecule has 0 aliphatic rings. The highest BCUT2D eigenvalue weighted by molar-refractivity contribution is 14.1. The molecular formula is C5H3IN4O2. The summed E-state index contributed by atoms with van der Waals surface area (Å²) in [5.74, 6) is 0. The summed E-state index contributed by atoms with van der Waals surface area (Å²) in [5, 5.41) is 0. The average molecular weight is 278 g/mol.